The Bertz CT molecular complexity index is 1130. The Labute approximate surface area is 181 Å². The highest BCUT2D eigenvalue weighted by molar-refractivity contribution is 7.17. The number of hydrogen-bond donors (Lipinski definition) is 1. The third-order valence-corrected chi connectivity index (χ3v) is 5.04. The maximum atomic E-state index is 12.1. The highest BCUT2D eigenvalue weighted by Crippen LogP contribution is 2.37. The lowest BCUT2D eigenvalue weighted by molar-refractivity contribution is -0.385. The van der Waals surface area contributed by atoms with Gasteiger partial charge in [0, 0.05) is 17.2 Å². The molecule has 0 unspecified atom stereocenters. The monoisotopic (exact) mass is 442 g/mol. The summed E-state index contributed by atoms with van der Waals surface area (Å²) in [5.41, 5.74) is 4.12. The Kier molecular flexibility index (Phi) is 6.78. The number of nitro benzene ring substituents is 1. The molecular weight excluding hydrogens is 424 g/mol. The summed E-state index contributed by atoms with van der Waals surface area (Å²) >= 11 is 1.08. The van der Waals surface area contributed by atoms with Crippen molar-refractivity contribution < 1.29 is 23.9 Å². The van der Waals surface area contributed by atoms with Crippen molar-refractivity contribution in [2.75, 3.05) is 26.8 Å². The third-order valence-electron chi connectivity index (χ3n) is 4.10. The molecule has 0 amide bonds. The minimum absolute atomic E-state index is 0.0211. The minimum atomic E-state index is -0.568. The number of nitrogens with one attached hydrogen (secondary N) is 1. The molecule has 10 nitrogen and oxygen atoms in total. The van der Waals surface area contributed by atoms with E-state index >= 15 is 0 Å². The number of nitro groups is 1. The van der Waals surface area contributed by atoms with Crippen LogP contribution in [0, 0.1) is 10.1 Å². The van der Waals surface area contributed by atoms with Gasteiger partial charge >= 0.3 is 11.7 Å². The van der Waals surface area contributed by atoms with Crippen molar-refractivity contribution in [3.05, 3.63) is 63.0 Å². The van der Waals surface area contributed by atoms with E-state index in [1.165, 1.54) is 33.6 Å². The van der Waals surface area contributed by atoms with E-state index in [-0.39, 0.29) is 17.2 Å². The SMILES string of the molecule is COC(=O)c1sc(N/N=C\c2cc(OC)c(OC)c([N+](=O)[O-])c2)nc1-c1ccccc1. The summed E-state index contributed by atoms with van der Waals surface area (Å²) in [6.07, 6.45) is 1.37. The summed E-state index contributed by atoms with van der Waals surface area (Å²) < 4.78 is 15.1. The Morgan fingerprint density at radius 3 is 2.55 bits per heavy atom. The molecule has 0 saturated carbocycles. The summed E-state index contributed by atoms with van der Waals surface area (Å²) in [6.45, 7) is 0. The average Bonchev–Trinajstić information content (AvgIpc) is 3.22. The second-order valence-corrected chi connectivity index (χ2v) is 6.96. The second kappa shape index (κ2) is 9.67. The number of anilines is 1. The first-order valence-corrected chi connectivity index (χ1v) is 9.64. The highest BCUT2D eigenvalue weighted by atomic mass is 32.1. The van der Waals surface area contributed by atoms with Crippen molar-refractivity contribution in [2.24, 2.45) is 5.10 Å². The number of hydrazone groups is 1. The summed E-state index contributed by atoms with van der Waals surface area (Å²) in [4.78, 5) is 27.6. The van der Waals surface area contributed by atoms with Crippen LogP contribution in [-0.4, -0.2) is 43.4 Å². The molecule has 0 saturated heterocycles. The number of aromatic nitrogens is 1. The number of benzene rings is 2. The van der Waals surface area contributed by atoms with Gasteiger partial charge < -0.3 is 14.2 Å². The first-order valence-electron chi connectivity index (χ1n) is 8.82. The van der Waals surface area contributed by atoms with E-state index in [0.717, 1.165) is 16.9 Å². The predicted molar refractivity (Wildman–Crippen MR) is 116 cm³/mol. The van der Waals surface area contributed by atoms with Crippen LogP contribution in [0.15, 0.2) is 47.6 Å². The zero-order valence-corrected chi connectivity index (χ0v) is 17.6. The first-order chi connectivity index (χ1) is 15.0. The zero-order chi connectivity index (χ0) is 22.4. The second-order valence-electron chi connectivity index (χ2n) is 5.96. The number of nitrogens with zero attached hydrogens (tertiary/aromatic N) is 3. The Morgan fingerprint density at radius 1 is 1.19 bits per heavy atom. The fourth-order valence-corrected chi connectivity index (χ4v) is 3.58. The maximum Gasteiger partial charge on any atom is 0.350 e. The zero-order valence-electron chi connectivity index (χ0n) is 16.8. The van der Waals surface area contributed by atoms with Gasteiger partial charge in [0.1, 0.15) is 4.88 Å². The molecule has 0 radical (unpaired) electrons. The standard InChI is InChI=1S/C20H18N4O6S/c1-28-15-10-12(9-14(24(26)27)17(15)29-2)11-21-23-20-22-16(13-7-5-4-6-8-13)18(31-20)19(25)30-3/h4-11H,1-3H3,(H,22,23)/b21-11-. The van der Waals surface area contributed by atoms with E-state index in [4.69, 9.17) is 14.2 Å². The van der Waals surface area contributed by atoms with Gasteiger partial charge in [-0.1, -0.05) is 41.7 Å². The molecule has 3 rings (SSSR count). The average molecular weight is 442 g/mol. The van der Waals surface area contributed by atoms with Gasteiger partial charge in [-0.3, -0.25) is 15.5 Å². The molecular formula is C20H18N4O6S. The number of rotatable bonds is 8. The summed E-state index contributed by atoms with van der Waals surface area (Å²) in [5, 5.41) is 15.8. The van der Waals surface area contributed by atoms with Gasteiger partial charge in [-0.2, -0.15) is 5.10 Å². The minimum Gasteiger partial charge on any atom is -0.493 e. The molecule has 160 valence electrons. The van der Waals surface area contributed by atoms with Gasteiger partial charge in [0.25, 0.3) is 0 Å². The first kappa shape index (κ1) is 21.7. The normalized spacial score (nSPS) is 10.7. The number of methoxy groups -OCH3 is 3. The van der Waals surface area contributed by atoms with E-state index in [9.17, 15) is 14.9 Å². The van der Waals surface area contributed by atoms with Gasteiger partial charge in [-0.25, -0.2) is 9.78 Å². The fourth-order valence-electron chi connectivity index (χ4n) is 2.73. The van der Waals surface area contributed by atoms with Crippen LogP contribution in [0.4, 0.5) is 10.8 Å². The van der Waals surface area contributed by atoms with Crippen LogP contribution in [0.5, 0.6) is 11.5 Å². The molecule has 1 aromatic heterocycles. The molecule has 0 aliphatic carbocycles. The molecule has 0 fully saturated rings. The van der Waals surface area contributed by atoms with Crippen LogP contribution in [0.1, 0.15) is 15.2 Å². The molecule has 1 heterocycles. The molecule has 31 heavy (non-hydrogen) atoms. The number of ether oxygens (including phenoxy) is 3. The number of carbonyl (C=O) groups is 1. The van der Waals surface area contributed by atoms with Gasteiger partial charge in [0.2, 0.25) is 10.9 Å². The van der Waals surface area contributed by atoms with Crippen LogP contribution in [0.2, 0.25) is 0 Å². The number of esters is 1. The fraction of sp³-hybridized carbons (Fsp3) is 0.150. The number of hydrogen-bond acceptors (Lipinski definition) is 10. The van der Waals surface area contributed by atoms with Gasteiger partial charge in [0.05, 0.1) is 38.2 Å². The maximum absolute atomic E-state index is 12.1. The number of carbonyl (C=O) groups excluding carboxylic acids is 1. The third kappa shape index (κ3) is 4.78. The Hall–Kier alpha value is -3.99. The van der Waals surface area contributed by atoms with E-state index in [2.05, 4.69) is 15.5 Å². The van der Waals surface area contributed by atoms with Crippen molar-refractivity contribution in [2.45, 2.75) is 0 Å². The van der Waals surface area contributed by atoms with Crippen LogP contribution in [0.25, 0.3) is 11.3 Å². The molecule has 0 aliphatic heterocycles. The molecule has 11 heteroatoms. The van der Waals surface area contributed by atoms with E-state index < -0.39 is 10.9 Å². The lowest BCUT2D eigenvalue weighted by atomic mass is 10.1. The quantitative estimate of drug-likeness (QED) is 0.240. The van der Waals surface area contributed by atoms with Crippen molar-refractivity contribution in [3.8, 4) is 22.8 Å². The van der Waals surface area contributed by atoms with E-state index in [0.29, 0.717) is 21.3 Å². The van der Waals surface area contributed by atoms with Crippen molar-refractivity contribution >= 4 is 34.3 Å². The van der Waals surface area contributed by atoms with E-state index in [1.807, 2.05) is 30.3 Å². The van der Waals surface area contributed by atoms with Crippen LogP contribution >= 0.6 is 11.3 Å². The van der Waals surface area contributed by atoms with Crippen LogP contribution < -0.4 is 14.9 Å². The smallest absolute Gasteiger partial charge is 0.350 e. The molecule has 0 bridgehead atoms. The van der Waals surface area contributed by atoms with Crippen LogP contribution in [-0.2, 0) is 4.74 Å². The molecule has 1 N–H and O–H groups in total. The van der Waals surface area contributed by atoms with Gasteiger partial charge in [0.15, 0.2) is 5.75 Å². The molecule has 2 aromatic carbocycles. The largest absolute Gasteiger partial charge is 0.493 e. The number of thiazole rings is 1. The summed E-state index contributed by atoms with van der Waals surface area (Å²) in [6, 6.07) is 12.1. The lowest BCUT2D eigenvalue weighted by Crippen LogP contribution is -2.00. The van der Waals surface area contributed by atoms with Crippen molar-refractivity contribution in [1.29, 1.82) is 0 Å². The molecule has 0 atom stereocenters. The Morgan fingerprint density at radius 2 is 1.94 bits per heavy atom. The highest BCUT2D eigenvalue weighted by Gasteiger charge is 2.22. The lowest BCUT2D eigenvalue weighted by Gasteiger charge is -2.08. The van der Waals surface area contributed by atoms with E-state index in [1.54, 1.807) is 6.07 Å². The predicted octanol–water partition coefficient (Wildman–Crippen LogP) is 3.97. The summed E-state index contributed by atoms with van der Waals surface area (Å²) in [5.74, 6) is -0.289. The topological polar surface area (TPSA) is 125 Å². The van der Waals surface area contributed by atoms with Crippen molar-refractivity contribution in [1.82, 2.24) is 4.98 Å². The summed E-state index contributed by atoms with van der Waals surface area (Å²) in [7, 11) is 4.01. The van der Waals surface area contributed by atoms with Crippen LogP contribution in [0.3, 0.4) is 0 Å². The molecule has 0 aliphatic rings. The van der Waals surface area contributed by atoms with Gasteiger partial charge in [-0.15, -0.1) is 0 Å². The molecule has 0 spiro atoms. The Balaban J connectivity index is 1.89. The van der Waals surface area contributed by atoms with Crippen molar-refractivity contribution in [3.63, 3.8) is 0 Å². The van der Waals surface area contributed by atoms with Gasteiger partial charge in [-0.05, 0) is 6.07 Å². The molecule has 3 aromatic rings.